The second-order valence-electron chi connectivity index (χ2n) is 5.31. The van der Waals surface area contributed by atoms with Crippen LogP contribution in [0.1, 0.15) is 44.0 Å². The van der Waals surface area contributed by atoms with Gasteiger partial charge in [0.25, 0.3) is 5.56 Å². The van der Waals surface area contributed by atoms with E-state index in [1.807, 2.05) is 17.7 Å². The Hall–Kier alpha value is -1.09. The highest BCUT2D eigenvalue weighted by atomic mass is 16.1. The van der Waals surface area contributed by atoms with E-state index in [2.05, 4.69) is 19.2 Å². The van der Waals surface area contributed by atoms with Crippen molar-refractivity contribution in [1.29, 1.82) is 0 Å². The summed E-state index contributed by atoms with van der Waals surface area (Å²) < 4.78 is 1.98. The Morgan fingerprint density at radius 1 is 1.47 bits per heavy atom. The number of nitrogens with one attached hydrogen (secondary N) is 1. The Kier molecular flexibility index (Phi) is 3.67. The highest BCUT2D eigenvalue weighted by Crippen LogP contribution is 2.28. The fourth-order valence-corrected chi connectivity index (χ4v) is 2.73. The van der Waals surface area contributed by atoms with E-state index in [1.54, 1.807) is 6.07 Å². The van der Waals surface area contributed by atoms with Crippen LogP contribution in [0.4, 0.5) is 0 Å². The Balaban J connectivity index is 2.48. The van der Waals surface area contributed by atoms with Crippen molar-refractivity contribution >= 4 is 0 Å². The van der Waals surface area contributed by atoms with Gasteiger partial charge >= 0.3 is 0 Å². The molecule has 1 aromatic heterocycles. The molecule has 0 aromatic carbocycles. The molecule has 0 aliphatic heterocycles. The molecule has 0 saturated heterocycles. The third-order valence-corrected chi connectivity index (χ3v) is 3.51. The monoisotopic (exact) mass is 234 g/mol. The van der Waals surface area contributed by atoms with E-state index in [0.29, 0.717) is 12.0 Å². The molecule has 0 amide bonds. The van der Waals surface area contributed by atoms with Gasteiger partial charge in [0.15, 0.2) is 0 Å². The summed E-state index contributed by atoms with van der Waals surface area (Å²) >= 11 is 0. The molecule has 1 aromatic rings. The van der Waals surface area contributed by atoms with Crippen molar-refractivity contribution < 1.29 is 0 Å². The summed E-state index contributed by atoms with van der Waals surface area (Å²) in [4.78, 5) is 12.0. The number of hydrogen-bond donors (Lipinski definition) is 1. The van der Waals surface area contributed by atoms with E-state index >= 15 is 0 Å². The van der Waals surface area contributed by atoms with Crippen LogP contribution in [-0.2, 0) is 13.0 Å². The third-order valence-electron chi connectivity index (χ3n) is 3.51. The molecule has 0 saturated carbocycles. The van der Waals surface area contributed by atoms with Crippen LogP contribution in [-0.4, -0.2) is 11.6 Å². The maximum atomic E-state index is 12.0. The smallest absolute Gasteiger partial charge is 0.250 e. The first-order valence-electron chi connectivity index (χ1n) is 6.53. The Morgan fingerprint density at radius 3 is 2.88 bits per heavy atom. The predicted molar refractivity (Wildman–Crippen MR) is 70.3 cm³/mol. The van der Waals surface area contributed by atoms with Crippen molar-refractivity contribution in [3.8, 4) is 0 Å². The lowest BCUT2D eigenvalue weighted by Gasteiger charge is -2.28. The van der Waals surface area contributed by atoms with E-state index in [1.165, 1.54) is 24.1 Å². The molecule has 94 valence electrons. The fourth-order valence-electron chi connectivity index (χ4n) is 2.73. The molecule has 2 rings (SSSR count). The maximum Gasteiger partial charge on any atom is 0.250 e. The van der Waals surface area contributed by atoms with Gasteiger partial charge in [-0.2, -0.15) is 0 Å². The van der Waals surface area contributed by atoms with Crippen molar-refractivity contribution in [1.82, 2.24) is 9.88 Å². The first-order valence-corrected chi connectivity index (χ1v) is 6.53. The molecular weight excluding hydrogens is 212 g/mol. The van der Waals surface area contributed by atoms with E-state index in [4.69, 9.17) is 0 Å². The van der Waals surface area contributed by atoms with Gasteiger partial charge in [0.2, 0.25) is 0 Å². The lowest BCUT2D eigenvalue weighted by Crippen LogP contribution is -2.31. The molecule has 1 N–H and O–H groups in total. The number of hydrogen-bond acceptors (Lipinski definition) is 2. The topological polar surface area (TPSA) is 34.0 Å². The maximum absolute atomic E-state index is 12.0. The van der Waals surface area contributed by atoms with E-state index < -0.39 is 0 Å². The van der Waals surface area contributed by atoms with Crippen LogP contribution in [0, 0.1) is 5.92 Å². The molecule has 0 bridgehead atoms. The molecule has 1 atom stereocenters. The van der Waals surface area contributed by atoms with Gasteiger partial charge in [-0.3, -0.25) is 4.79 Å². The molecule has 1 aliphatic carbocycles. The predicted octanol–water partition coefficient (Wildman–Crippen LogP) is 2.10. The van der Waals surface area contributed by atoms with Crippen LogP contribution in [0.2, 0.25) is 0 Å². The lowest BCUT2D eigenvalue weighted by molar-refractivity contribution is 0.441. The Morgan fingerprint density at radius 2 is 2.24 bits per heavy atom. The van der Waals surface area contributed by atoms with Gasteiger partial charge in [-0.15, -0.1) is 0 Å². The molecule has 3 heteroatoms. The molecule has 0 radical (unpaired) electrons. The largest absolute Gasteiger partial charge is 0.313 e. The van der Waals surface area contributed by atoms with Crippen molar-refractivity contribution in [2.45, 2.75) is 45.7 Å². The summed E-state index contributed by atoms with van der Waals surface area (Å²) in [7, 11) is 2.00. The summed E-state index contributed by atoms with van der Waals surface area (Å²) in [5.74, 6) is 0.508. The zero-order valence-electron chi connectivity index (χ0n) is 11.0. The summed E-state index contributed by atoms with van der Waals surface area (Å²) in [6.45, 7) is 5.15. The normalized spacial score (nSPS) is 19.4. The van der Waals surface area contributed by atoms with Gasteiger partial charge in [-0.1, -0.05) is 19.9 Å². The molecule has 0 spiro atoms. The zero-order valence-corrected chi connectivity index (χ0v) is 11.0. The van der Waals surface area contributed by atoms with Crippen LogP contribution in [0.5, 0.6) is 0 Å². The first kappa shape index (κ1) is 12.4. The summed E-state index contributed by atoms with van der Waals surface area (Å²) in [5, 5.41) is 3.34. The first-order chi connectivity index (χ1) is 8.13. The van der Waals surface area contributed by atoms with E-state index in [0.717, 1.165) is 13.0 Å². The quantitative estimate of drug-likeness (QED) is 0.869. The van der Waals surface area contributed by atoms with Crippen LogP contribution in [0.25, 0.3) is 0 Å². The van der Waals surface area contributed by atoms with E-state index in [9.17, 15) is 4.79 Å². The summed E-state index contributed by atoms with van der Waals surface area (Å²) in [6, 6.07) is 4.14. The van der Waals surface area contributed by atoms with E-state index in [-0.39, 0.29) is 5.56 Å². The number of fused-ring (bicyclic) bond motifs is 1. The molecule has 1 unspecified atom stereocenters. The lowest BCUT2D eigenvalue weighted by atomic mass is 9.91. The van der Waals surface area contributed by atoms with Gasteiger partial charge in [0.05, 0.1) is 0 Å². The summed E-state index contributed by atoms with van der Waals surface area (Å²) in [6.07, 6.45) is 3.37. The van der Waals surface area contributed by atoms with Crippen LogP contribution >= 0.6 is 0 Å². The third kappa shape index (κ3) is 2.44. The molecular formula is C14H22N2O. The Bertz CT molecular complexity index is 448. The van der Waals surface area contributed by atoms with Crippen molar-refractivity contribution in [3.05, 3.63) is 33.7 Å². The highest BCUT2D eigenvalue weighted by Gasteiger charge is 2.21. The van der Waals surface area contributed by atoms with Crippen molar-refractivity contribution in [2.75, 3.05) is 7.05 Å². The van der Waals surface area contributed by atoms with Crippen LogP contribution in [0.15, 0.2) is 16.9 Å². The number of pyridine rings is 1. The van der Waals surface area contributed by atoms with Gasteiger partial charge in [0.1, 0.15) is 0 Å². The number of nitrogens with zero attached hydrogens (tertiary/aromatic N) is 1. The molecule has 1 aliphatic rings. The molecule has 1 heterocycles. The number of rotatable bonds is 3. The minimum Gasteiger partial charge on any atom is -0.313 e. The van der Waals surface area contributed by atoms with Gasteiger partial charge in [-0.25, -0.2) is 0 Å². The van der Waals surface area contributed by atoms with Crippen LogP contribution < -0.4 is 10.9 Å². The summed E-state index contributed by atoms with van der Waals surface area (Å²) in [5.41, 5.74) is 2.71. The molecule has 3 nitrogen and oxygen atoms in total. The number of aromatic nitrogens is 1. The average Bonchev–Trinajstić information content (AvgIpc) is 2.31. The molecule has 17 heavy (non-hydrogen) atoms. The van der Waals surface area contributed by atoms with Crippen molar-refractivity contribution in [2.24, 2.45) is 5.92 Å². The van der Waals surface area contributed by atoms with Gasteiger partial charge < -0.3 is 9.88 Å². The standard InChI is InChI=1S/C14H22N2O/c1-10(2)9-16-13-6-4-5-12(15-3)11(13)7-8-14(16)17/h7-8,10,12,15H,4-6,9H2,1-3H3. The second-order valence-corrected chi connectivity index (χ2v) is 5.31. The van der Waals surface area contributed by atoms with Crippen LogP contribution in [0.3, 0.4) is 0 Å². The highest BCUT2D eigenvalue weighted by molar-refractivity contribution is 5.27. The minimum absolute atomic E-state index is 0.147. The zero-order chi connectivity index (χ0) is 12.4. The molecule has 0 fully saturated rings. The SMILES string of the molecule is CNC1CCCc2c1ccc(=O)n2CC(C)C. The average molecular weight is 234 g/mol. The van der Waals surface area contributed by atoms with Crippen molar-refractivity contribution in [3.63, 3.8) is 0 Å². The fraction of sp³-hybridized carbons (Fsp3) is 0.643. The Labute approximate surface area is 103 Å². The van der Waals surface area contributed by atoms with Gasteiger partial charge in [-0.05, 0) is 37.8 Å². The minimum atomic E-state index is 0.147. The van der Waals surface area contributed by atoms with Gasteiger partial charge in [0, 0.05) is 24.3 Å². The second kappa shape index (κ2) is 5.05.